The normalized spacial score (nSPS) is 18.1. The average Bonchev–Trinajstić information content (AvgIpc) is 2.86. The Morgan fingerprint density at radius 2 is 1.32 bits per heavy atom. The minimum atomic E-state index is -1.67. The van der Waals surface area contributed by atoms with E-state index in [9.17, 15) is 24.9 Å². The fraction of sp³-hybridized carbons (Fsp3) is 0.550. The SMILES string of the molecule is COc1ccc(C=N[C@@H](C=O)[C@@H](O)[C@H](O)[C@H](O)CO)cc1.Cl.N[C@@H](C=O)[C@@H](O)[C@H](O)[C@H](O)CO. The first-order chi connectivity index (χ1) is 15.6. The van der Waals surface area contributed by atoms with Crippen molar-refractivity contribution in [3.8, 4) is 5.75 Å². The first kappa shape index (κ1) is 34.1. The number of aliphatic hydroxyl groups excluding tert-OH is 8. The van der Waals surface area contributed by atoms with E-state index in [1.165, 1.54) is 13.3 Å². The van der Waals surface area contributed by atoms with Crippen molar-refractivity contribution in [2.75, 3.05) is 20.3 Å². The molecule has 1 aromatic rings. The summed E-state index contributed by atoms with van der Waals surface area (Å²) in [5.74, 6) is 0.667. The van der Waals surface area contributed by atoms with Gasteiger partial charge >= 0.3 is 0 Å². The van der Waals surface area contributed by atoms with Gasteiger partial charge in [0.05, 0.1) is 26.4 Å². The number of aliphatic imine (C=N–C) groups is 1. The summed E-state index contributed by atoms with van der Waals surface area (Å²) in [7, 11) is 1.54. The number of nitrogens with two attached hydrogens (primary N) is 1. The van der Waals surface area contributed by atoms with E-state index >= 15 is 0 Å². The fourth-order valence-corrected chi connectivity index (χ4v) is 2.25. The summed E-state index contributed by atoms with van der Waals surface area (Å²) in [6.07, 6.45) is -7.53. The van der Waals surface area contributed by atoms with Crippen LogP contribution in [0.4, 0.5) is 0 Å². The molecular weight excluding hydrogens is 480 g/mol. The van der Waals surface area contributed by atoms with Gasteiger partial charge in [-0.2, -0.15) is 0 Å². The van der Waals surface area contributed by atoms with Gasteiger partial charge in [0, 0.05) is 6.21 Å². The van der Waals surface area contributed by atoms with Gasteiger partial charge < -0.3 is 60.9 Å². The zero-order chi connectivity index (χ0) is 25.6. The lowest BCUT2D eigenvalue weighted by Crippen LogP contribution is -2.49. The van der Waals surface area contributed by atoms with Crippen LogP contribution in [0.15, 0.2) is 29.3 Å². The van der Waals surface area contributed by atoms with Crippen molar-refractivity contribution in [3.05, 3.63) is 29.8 Å². The number of carbonyl (C=O) groups excluding carboxylic acids is 2. The van der Waals surface area contributed by atoms with Gasteiger partial charge in [-0.15, -0.1) is 12.4 Å². The first-order valence-electron chi connectivity index (χ1n) is 9.71. The second-order valence-corrected chi connectivity index (χ2v) is 6.85. The van der Waals surface area contributed by atoms with Gasteiger partial charge in [-0.05, 0) is 29.8 Å². The molecule has 13 nitrogen and oxygen atoms in total. The van der Waals surface area contributed by atoms with Crippen LogP contribution in [0.5, 0.6) is 5.75 Å². The van der Waals surface area contributed by atoms with Crippen LogP contribution in [0.1, 0.15) is 5.56 Å². The Balaban J connectivity index is 0. The summed E-state index contributed by atoms with van der Waals surface area (Å²) in [5.41, 5.74) is 5.71. The minimum absolute atomic E-state index is 0. The third kappa shape index (κ3) is 11.4. The molecule has 0 aliphatic heterocycles. The Morgan fingerprint density at radius 3 is 1.71 bits per heavy atom. The molecule has 8 atom stereocenters. The minimum Gasteiger partial charge on any atom is -0.497 e. The van der Waals surface area contributed by atoms with Gasteiger partial charge in [0.1, 0.15) is 61.0 Å². The van der Waals surface area contributed by atoms with Crippen LogP contribution in [0.2, 0.25) is 0 Å². The van der Waals surface area contributed by atoms with E-state index < -0.39 is 61.9 Å². The van der Waals surface area contributed by atoms with E-state index in [1.807, 2.05) is 0 Å². The molecule has 0 unspecified atom stereocenters. The molecule has 0 bridgehead atoms. The second-order valence-electron chi connectivity index (χ2n) is 6.85. The van der Waals surface area contributed by atoms with Gasteiger partial charge in [-0.25, -0.2) is 0 Å². The number of methoxy groups -OCH3 is 1. The Bertz CT molecular complexity index is 710. The van der Waals surface area contributed by atoms with Crippen molar-refractivity contribution in [1.82, 2.24) is 0 Å². The lowest BCUT2D eigenvalue weighted by molar-refractivity contribution is -0.118. The van der Waals surface area contributed by atoms with Crippen LogP contribution < -0.4 is 10.5 Å². The number of hydrogen-bond donors (Lipinski definition) is 9. The van der Waals surface area contributed by atoms with Crippen LogP contribution in [-0.4, -0.2) is 129 Å². The molecular formula is C20H33ClN2O11. The molecule has 1 aromatic carbocycles. The second kappa shape index (κ2) is 18.3. The van der Waals surface area contributed by atoms with Crippen LogP contribution in [-0.2, 0) is 9.59 Å². The molecule has 0 amide bonds. The van der Waals surface area contributed by atoms with Crippen LogP contribution in [0.3, 0.4) is 0 Å². The third-order valence-corrected chi connectivity index (χ3v) is 4.41. The number of carbonyl (C=O) groups is 2. The maximum atomic E-state index is 10.9. The van der Waals surface area contributed by atoms with Crippen LogP contribution in [0, 0.1) is 0 Å². The molecule has 0 aliphatic carbocycles. The Hall–Kier alpha value is -2.04. The highest BCUT2D eigenvalue weighted by Gasteiger charge is 2.30. The monoisotopic (exact) mass is 512 g/mol. The zero-order valence-corrected chi connectivity index (χ0v) is 19.1. The third-order valence-electron chi connectivity index (χ3n) is 4.41. The number of hydrogen-bond acceptors (Lipinski definition) is 13. The quantitative estimate of drug-likeness (QED) is 0.0901. The standard InChI is InChI=1S/C14H19NO6.C6H13NO5.ClH/c1-21-10-4-2-9(3-5-10)6-15-11(7-16)13(19)14(20)12(18)8-17;7-3(1-8)5(11)6(12)4(10)2-9;/h2-7,11-14,17-20H,8H2,1H3;1,3-6,9-12H,2,7H2;1H/t11-,12+,13+,14+;3-,4+,5+,6+;/m00./s1. The Kier molecular flexibility index (Phi) is 18.4. The highest BCUT2D eigenvalue weighted by atomic mass is 35.5. The van der Waals surface area contributed by atoms with E-state index in [2.05, 4.69) is 4.99 Å². The zero-order valence-electron chi connectivity index (χ0n) is 18.3. The number of rotatable bonds is 13. The molecule has 0 aromatic heterocycles. The summed E-state index contributed by atoms with van der Waals surface area (Å²) >= 11 is 0. The highest BCUT2D eigenvalue weighted by molar-refractivity contribution is 5.85. The number of benzene rings is 1. The van der Waals surface area contributed by atoms with Gasteiger partial charge in [-0.3, -0.25) is 4.99 Å². The van der Waals surface area contributed by atoms with Crippen molar-refractivity contribution in [2.45, 2.75) is 48.7 Å². The lowest BCUT2D eigenvalue weighted by Gasteiger charge is -2.23. The number of aliphatic hydroxyl groups is 8. The molecule has 0 radical (unpaired) electrons. The summed E-state index contributed by atoms with van der Waals surface area (Å²) in [4.78, 5) is 24.8. The van der Waals surface area contributed by atoms with Crippen LogP contribution >= 0.6 is 12.4 Å². The fourth-order valence-electron chi connectivity index (χ4n) is 2.25. The number of halogens is 1. The van der Waals surface area contributed by atoms with Crippen molar-refractivity contribution in [3.63, 3.8) is 0 Å². The van der Waals surface area contributed by atoms with Crippen molar-refractivity contribution >= 4 is 31.2 Å². The predicted octanol–water partition coefficient (Wildman–Crippen LogP) is -4.23. The molecule has 14 heteroatoms. The first-order valence-corrected chi connectivity index (χ1v) is 9.71. The van der Waals surface area contributed by atoms with Gasteiger partial charge in [0.2, 0.25) is 0 Å². The lowest BCUT2D eigenvalue weighted by atomic mass is 10.0. The molecule has 34 heavy (non-hydrogen) atoms. The molecule has 0 heterocycles. The van der Waals surface area contributed by atoms with E-state index in [4.69, 9.17) is 36.0 Å². The van der Waals surface area contributed by atoms with E-state index in [-0.39, 0.29) is 18.7 Å². The average molecular weight is 513 g/mol. The predicted molar refractivity (Wildman–Crippen MR) is 122 cm³/mol. The number of ether oxygens (including phenoxy) is 1. The Morgan fingerprint density at radius 1 is 0.853 bits per heavy atom. The highest BCUT2D eigenvalue weighted by Crippen LogP contribution is 2.11. The van der Waals surface area contributed by atoms with E-state index in [0.717, 1.165) is 0 Å². The topological polar surface area (TPSA) is 244 Å². The summed E-state index contributed by atoms with van der Waals surface area (Å²) in [6.45, 7) is -1.43. The molecule has 10 N–H and O–H groups in total. The largest absolute Gasteiger partial charge is 0.497 e. The van der Waals surface area contributed by atoms with Crippen molar-refractivity contribution in [2.24, 2.45) is 10.7 Å². The molecule has 0 fully saturated rings. The van der Waals surface area contributed by atoms with Gasteiger partial charge in [0.25, 0.3) is 0 Å². The number of aldehydes is 2. The van der Waals surface area contributed by atoms with Crippen molar-refractivity contribution < 1.29 is 55.2 Å². The van der Waals surface area contributed by atoms with Crippen molar-refractivity contribution in [1.29, 1.82) is 0 Å². The Labute approximate surface area is 202 Å². The number of nitrogens with zero attached hydrogens (tertiary/aromatic N) is 1. The molecule has 1 rings (SSSR count). The summed E-state index contributed by atoms with van der Waals surface area (Å²) in [6, 6.07) is 4.31. The van der Waals surface area contributed by atoms with E-state index in [1.54, 1.807) is 24.3 Å². The maximum Gasteiger partial charge on any atom is 0.147 e. The van der Waals surface area contributed by atoms with E-state index in [0.29, 0.717) is 17.6 Å². The molecule has 0 aliphatic rings. The van der Waals surface area contributed by atoms with Crippen LogP contribution in [0.25, 0.3) is 0 Å². The summed E-state index contributed by atoms with van der Waals surface area (Å²) in [5, 5.41) is 72.4. The molecule has 0 saturated heterocycles. The molecule has 196 valence electrons. The summed E-state index contributed by atoms with van der Waals surface area (Å²) < 4.78 is 5.00. The van der Waals surface area contributed by atoms with Gasteiger partial charge in [-0.1, -0.05) is 0 Å². The molecule has 0 spiro atoms. The maximum absolute atomic E-state index is 10.9. The smallest absolute Gasteiger partial charge is 0.147 e. The van der Waals surface area contributed by atoms with Gasteiger partial charge in [0.15, 0.2) is 0 Å². The molecule has 0 saturated carbocycles.